The van der Waals surface area contributed by atoms with Gasteiger partial charge in [-0.05, 0) is 29.9 Å². The van der Waals surface area contributed by atoms with Crippen LogP contribution in [0.5, 0.6) is 0 Å². The standard InChI is InChI=1S/C18H22N4.ClH/c1-2-5-15(6-3-1)17-13-16(17)14-21-9-11-22(12-10-21)18-19-7-4-8-20-18;/h1-8,16-17H,9-14H2;1H/t16-,17-;/m1./s1. The minimum absolute atomic E-state index is 0. The number of halogens is 1. The summed E-state index contributed by atoms with van der Waals surface area (Å²) in [6, 6.07) is 12.8. The second-order valence-electron chi connectivity index (χ2n) is 6.35. The molecular formula is C18H23ClN4. The summed E-state index contributed by atoms with van der Waals surface area (Å²) < 4.78 is 0. The molecule has 0 amide bonds. The van der Waals surface area contributed by atoms with Gasteiger partial charge in [0.25, 0.3) is 0 Å². The molecule has 1 aliphatic heterocycles. The summed E-state index contributed by atoms with van der Waals surface area (Å²) in [7, 11) is 0. The quantitative estimate of drug-likeness (QED) is 0.863. The van der Waals surface area contributed by atoms with Crippen LogP contribution in [-0.4, -0.2) is 47.6 Å². The van der Waals surface area contributed by atoms with Crippen molar-refractivity contribution >= 4 is 18.4 Å². The Morgan fingerprint density at radius 2 is 1.61 bits per heavy atom. The summed E-state index contributed by atoms with van der Waals surface area (Å²) in [6.07, 6.45) is 5.00. The number of hydrogen-bond donors (Lipinski definition) is 0. The van der Waals surface area contributed by atoms with Crippen molar-refractivity contribution in [3.05, 3.63) is 54.4 Å². The van der Waals surface area contributed by atoms with E-state index in [1.165, 1.54) is 18.5 Å². The van der Waals surface area contributed by atoms with Gasteiger partial charge in [-0.15, -0.1) is 12.4 Å². The highest BCUT2D eigenvalue weighted by Crippen LogP contribution is 2.47. The van der Waals surface area contributed by atoms with Crippen LogP contribution in [0.4, 0.5) is 5.95 Å². The second-order valence-corrected chi connectivity index (χ2v) is 6.35. The zero-order valence-corrected chi connectivity index (χ0v) is 14.0. The van der Waals surface area contributed by atoms with Gasteiger partial charge in [-0.3, -0.25) is 4.90 Å². The minimum Gasteiger partial charge on any atom is -0.338 e. The zero-order valence-electron chi connectivity index (χ0n) is 13.2. The molecule has 23 heavy (non-hydrogen) atoms. The molecule has 0 unspecified atom stereocenters. The highest BCUT2D eigenvalue weighted by Gasteiger charge is 2.39. The minimum atomic E-state index is 0. The molecule has 122 valence electrons. The predicted molar refractivity (Wildman–Crippen MR) is 95.2 cm³/mol. The highest BCUT2D eigenvalue weighted by atomic mass is 35.5. The summed E-state index contributed by atoms with van der Waals surface area (Å²) in [5.74, 6) is 2.51. The Balaban J connectivity index is 0.00000156. The second kappa shape index (κ2) is 7.28. The number of rotatable bonds is 4. The Kier molecular flexibility index (Phi) is 5.13. The molecule has 0 radical (unpaired) electrons. The molecule has 4 nitrogen and oxygen atoms in total. The van der Waals surface area contributed by atoms with Gasteiger partial charge in [0.2, 0.25) is 5.95 Å². The average Bonchev–Trinajstić information content (AvgIpc) is 3.36. The van der Waals surface area contributed by atoms with Crippen molar-refractivity contribution in [2.24, 2.45) is 5.92 Å². The van der Waals surface area contributed by atoms with E-state index in [9.17, 15) is 0 Å². The largest absolute Gasteiger partial charge is 0.338 e. The molecule has 5 heteroatoms. The van der Waals surface area contributed by atoms with Crippen molar-refractivity contribution in [2.75, 3.05) is 37.6 Å². The van der Waals surface area contributed by atoms with E-state index in [4.69, 9.17) is 0 Å². The fourth-order valence-corrected chi connectivity index (χ4v) is 3.47. The summed E-state index contributed by atoms with van der Waals surface area (Å²) in [5.41, 5.74) is 1.52. The van der Waals surface area contributed by atoms with Crippen LogP contribution in [0.15, 0.2) is 48.8 Å². The zero-order chi connectivity index (χ0) is 14.8. The van der Waals surface area contributed by atoms with Gasteiger partial charge in [-0.25, -0.2) is 9.97 Å². The number of anilines is 1. The first kappa shape index (κ1) is 16.2. The Labute approximate surface area is 144 Å². The van der Waals surface area contributed by atoms with Crippen molar-refractivity contribution in [1.82, 2.24) is 14.9 Å². The van der Waals surface area contributed by atoms with Crippen molar-refractivity contribution in [1.29, 1.82) is 0 Å². The van der Waals surface area contributed by atoms with Crippen LogP contribution in [0.3, 0.4) is 0 Å². The number of piperazine rings is 1. The Morgan fingerprint density at radius 1 is 0.913 bits per heavy atom. The van der Waals surface area contributed by atoms with Crippen LogP contribution in [0, 0.1) is 5.92 Å². The maximum atomic E-state index is 4.35. The number of benzene rings is 1. The molecule has 4 rings (SSSR count). The lowest BCUT2D eigenvalue weighted by atomic mass is 10.1. The van der Waals surface area contributed by atoms with Gasteiger partial charge in [0.1, 0.15) is 0 Å². The molecule has 2 aromatic rings. The number of hydrogen-bond acceptors (Lipinski definition) is 4. The molecule has 2 fully saturated rings. The van der Waals surface area contributed by atoms with Crippen molar-refractivity contribution in [3.8, 4) is 0 Å². The summed E-state index contributed by atoms with van der Waals surface area (Å²) in [6.45, 7) is 5.55. The first-order valence-corrected chi connectivity index (χ1v) is 8.19. The van der Waals surface area contributed by atoms with Gasteiger partial charge in [-0.1, -0.05) is 30.3 Å². The summed E-state index contributed by atoms with van der Waals surface area (Å²) in [4.78, 5) is 13.6. The number of aromatic nitrogens is 2. The molecule has 1 saturated heterocycles. The fourth-order valence-electron chi connectivity index (χ4n) is 3.47. The average molecular weight is 331 g/mol. The normalized spacial score (nSPS) is 24.1. The van der Waals surface area contributed by atoms with E-state index in [-0.39, 0.29) is 12.4 Å². The molecule has 0 N–H and O–H groups in total. The molecule has 2 heterocycles. The first-order chi connectivity index (χ1) is 10.9. The smallest absolute Gasteiger partial charge is 0.225 e. The van der Waals surface area contributed by atoms with Gasteiger partial charge >= 0.3 is 0 Å². The van der Waals surface area contributed by atoms with Gasteiger partial charge in [0.05, 0.1) is 0 Å². The summed E-state index contributed by atoms with van der Waals surface area (Å²) in [5, 5.41) is 0. The third-order valence-electron chi connectivity index (χ3n) is 4.85. The van der Waals surface area contributed by atoms with Crippen LogP contribution in [-0.2, 0) is 0 Å². The van der Waals surface area contributed by atoms with Crippen LogP contribution in [0.25, 0.3) is 0 Å². The molecule has 2 aliphatic rings. The fraction of sp³-hybridized carbons (Fsp3) is 0.444. The number of nitrogens with zero attached hydrogens (tertiary/aromatic N) is 4. The van der Waals surface area contributed by atoms with E-state index in [1.54, 1.807) is 0 Å². The van der Waals surface area contributed by atoms with E-state index >= 15 is 0 Å². The molecule has 1 aromatic heterocycles. The highest BCUT2D eigenvalue weighted by molar-refractivity contribution is 5.85. The SMILES string of the molecule is Cl.c1ccc([C@H]2C[C@@H]2CN2CCN(c3ncccn3)CC2)cc1. The van der Waals surface area contributed by atoms with E-state index in [2.05, 4.69) is 50.1 Å². The third kappa shape index (κ3) is 3.82. The molecule has 1 aliphatic carbocycles. The van der Waals surface area contributed by atoms with Gasteiger partial charge in [-0.2, -0.15) is 0 Å². The Hall–Kier alpha value is -1.65. The topological polar surface area (TPSA) is 32.3 Å². The molecule has 1 aromatic carbocycles. The van der Waals surface area contributed by atoms with Gasteiger partial charge < -0.3 is 4.90 Å². The van der Waals surface area contributed by atoms with Gasteiger partial charge in [0, 0.05) is 45.1 Å². The molecular weight excluding hydrogens is 308 g/mol. The lowest BCUT2D eigenvalue weighted by molar-refractivity contribution is 0.245. The van der Waals surface area contributed by atoms with Crippen molar-refractivity contribution in [3.63, 3.8) is 0 Å². The Bertz CT molecular complexity index is 599. The maximum Gasteiger partial charge on any atom is 0.225 e. The lowest BCUT2D eigenvalue weighted by Gasteiger charge is -2.34. The maximum absolute atomic E-state index is 4.35. The van der Waals surface area contributed by atoms with Crippen molar-refractivity contribution in [2.45, 2.75) is 12.3 Å². The third-order valence-corrected chi connectivity index (χ3v) is 4.85. The van der Waals surface area contributed by atoms with Gasteiger partial charge in [0.15, 0.2) is 0 Å². The van der Waals surface area contributed by atoms with E-state index in [0.29, 0.717) is 0 Å². The predicted octanol–water partition coefficient (Wildman–Crippen LogP) is 2.82. The van der Waals surface area contributed by atoms with Crippen LogP contribution in [0.1, 0.15) is 17.9 Å². The monoisotopic (exact) mass is 330 g/mol. The lowest BCUT2D eigenvalue weighted by Crippen LogP contribution is -2.47. The molecule has 0 spiro atoms. The van der Waals surface area contributed by atoms with Crippen LogP contribution >= 0.6 is 12.4 Å². The molecule has 1 saturated carbocycles. The van der Waals surface area contributed by atoms with Crippen LogP contribution < -0.4 is 4.90 Å². The van der Waals surface area contributed by atoms with E-state index in [1.807, 2.05) is 18.5 Å². The molecule has 2 atom stereocenters. The van der Waals surface area contributed by atoms with E-state index < -0.39 is 0 Å². The molecule has 0 bridgehead atoms. The van der Waals surface area contributed by atoms with E-state index in [0.717, 1.165) is 44.0 Å². The summed E-state index contributed by atoms with van der Waals surface area (Å²) >= 11 is 0. The van der Waals surface area contributed by atoms with Crippen LogP contribution in [0.2, 0.25) is 0 Å². The first-order valence-electron chi connectivity index (χ1n) is 8.19. The Morgan fingerprint density at radius 3 is 2.30 bits per heavy atom. The van der Waals surface area contributed by atoms with Crippen molar-refractivity contribution < 1.29 is 0 Å².